The lowest BCUT2D eigenvalue weighted by Crippen LogP contribution is -2.35. The van der Waals surface area contributed by atoms with Gasteiger partial charge in [0, 0.05) is 12.4 Å². The average Bonchev–Trinajstić information content (AvgIpc) is 2.74. The number of amides is 1. The molecule has 5 heteroatoms. The van der Waals surface area contributed by atoms with Gasteiger partial charge in [-0.2, -0.15) is 0 Å². The number of pyridine rings is 1. The molecule has 1 fully saturated rings. The molecule has 1 amide bonds. The molecule has 1 saturated heterocycles. The van der Waals surface area contributed by atoms with Crippen LogP contribution in [0.3, 0.4) is 0 Å². The van der Waals surface area contributed by atoms with E-state index in [2.05, 4.69) is 31.5 Å². The lowest BCUT2D eigenvalue weighted by Gasteiger charge is -2.11. The molecule has 1 atom stereocenters. The molecule has 80 valence electrons. The van der Waals surface area contributed by atoms with E-state index in [-0.39, 0.29) is 11.9 Å². The molecule has 15 heavy (non-hydrogen) atoms. The third-order valence-electron chi connectivity index (χ3n) is 2.41. The van der Waals surface area contributed by atoms with Crippen molar-refractivity contribution in [2.24, 2.45) is 0 Å². The molecule has 0 aromatic carbocycles. The minimum absolute atomic E-state index is 0.0272. The van der Waals surface area contributed by atoms with Crippen LogP contribution in [0.5, 0.6) is 0 Å². The number of nitrogens with zero attached hydrogens (tertiary/aromatic N) is 1. The number of rotatable bonds is 2. The molecule has 0 unspecified atom stereocenters. The summed E-state index contributed by atoms with van der Waals surface area (Å²) in [5.74, 6) is 0.0272. The summed E-state index contributed by atoms with van der Waals surface area (Å²) in [4.78, 5) is 15.7. The standard InChI is InChI=1S/C10H12BrN3O/c11-7-6-12-5-3-8(7)14-10(15)9-2-1-4-13-9/h3,5-6,9,13H,1-2,4H2,(H,12,14,15)/t9-/m1/s1. The number of hydrogen-bond acceptors (Lipinski definition) is 3. The van der Waals surface area contributed by atoms with Crippen LogP contribution in [0.4, 0.5) is 5.69 Å². The molecule has 0 radical (unpaired) electrons. The zero-order valence-corrected chi connectivity index (χ0v) is 9.75. The minimum Gasteiger partial charge on any atom is -0.324 e. The molecule has 2 rings (SSSR count). The highest BCUT2D eigenvalue weighted by molar-refractivity contribution is 9.10. The van der Waals surface area contributed by atoms with Crippen molar-refractivity contribution in [3.63, 3.8) is 0 Å². The van der Waals surface area contributed by atoms with Crippen LogP contribution in [0.2, 0.25) is 0 Å². The lowest BCUT2D eigenvalue weighted by molar-refractivity contribution is -0.117. The Morgan fingerprint density at radius 2 is 2.53 bits per heavy atom. The van der Waals surface area contributed by atoms with Crippen molar-refractivity contribution in [2.45, 2.75) is 18.9 Å². The maximum atomic E-state index is 11.8. The summed E-state index contributed by atoms with van der Waals surface area (Å²) in [7, 11) is 0. The highest BCUT2D eigenvalue weighted by atomic mass is 79.9. The Labute approximate surface area is 96.6 Å². The van der Waals surface area contributed by atoms with Crippen LogP contribution in [0.1, 0.15) is 12.8 Å². The molecule has 1 aliphatic rings. The summed E-state index contributed by atoms with van der Waals surface area (Å²) in [6, 6.07) is 1.72. The maximum Gasteiger partial charge on any atom is 0.241 e. The number of aromatic nitrogens is 1. The Morgan fingerprint density at radius 3 is 3.20 bits per heavy atom. The van der Waals surface area contributed by atoms with E-state index >= 15 is 0 Å². The maximum absolute atomic E-state index is 11.8. The fourth-order valence-corrected chi connectivity index (χ4v) is 1.95. The van der Waals surface area contributed by atoms with E-state index in [1.165, 1.54) is 0 Å². The number of carbonyl (C=O) groups excluding carboxylic acids is 1. The van der Waals surface area contributed by atoms with E-state index in [9.17, 15) is 4.79 Å². The van der Waals surface area contributed by atoms with Crippen molar-refractivity contribution >= 4 is 27.5 Å². The van der Waals surface area contributed by atoms with E-state index in [1.54, 1.807) is 18.5 Å². The van der Waals surface area contributed by atoms with Gasteiger partial charge in [0.05, 0.1) is 16.2 Å². The zero-order valence-electron chi connectivity index (χ0n) is 8.16. The van der Waals surface area contributed by atoms with E-state index in [0.29, 0.717) is 0 Å². The number of nitrogens with one attached hydrogen (secondary N) is 2. The van der Waals surface area contributed by atoms with Crippen molar-refractivity contribution in [1.82, 2.24) is 10.3 Å². The van der Waals surface area contributed by atoms with Crippen LogP contribution in [-0.4, -0.2) is 23.5 Å². The molecule has 0 aliphatic carbocycles. The Balaban J connectivity index is 2.02. The van der Waals surface area contributed by atoms with Gasteiger partial charge in [-0.3, -0.25) is 9.78 Å². The second kappa shape index (κ2) is 4.72. The topological polar surface area (TPSA) is 54.0 Å². The summed E-state index contributed by atoms with van der Waals surface area (Å²) < 4.78 is 0.802. The van der Waals surface area contributed by atoms with Gasteiger partial charge in [0.25, 0.3) is 0 Å². The number of anilines is 1. The Morgan fingerprint density at radius 1 is 1.67 bits per heavy atom. The van der Waals surface area contributed by atoms with Crippen molar-refractivity contribution in [3.05, 3.63) is 22.9 Å². The number of hydrogen-bond donors (Lipinski definition) is 2. The second-order valence-corrected chi connectivity index (χ2v) is 4.35. The smallest absolute Gasteiger partial charge is 0.241 e. The second-order valence-electron chi connectivity index (χ2n) is 3.49. The molecule has 1 aromatic heterocycles. The van der Waals surface area contributed by atoms with Crippen LogP contribution < -0.4 is 10.6 Å². The van der Waals surface area contributed by atoms with E-state index in [1.807, 2.05) is 0 Å². The third kappa shape index (κ3) is 2.54. The van der Waals surface area contributed by atoms with Gasteiger partial charge in [-0.1, -0.05) is 0 Å². The molecule has 4 nitrogen and oxygen atoms in total. The van der Waals surface area contributed by atoms with Gasteiger partial charge >= 0.3 is 0 Å². The van der Waals surface area contributed by atoms with Gasteiger partial charge in [0.2, 0.25) is 5.91 Å². The van der Waals surface area contributed by atoms with Gasteiger partial charge in [-0.05, 0) is 41.4 Å². The normalized spacial score (nSPS) is 20.2. The first-order valence-corrected chi connectivity index (χ1v) is 5.70. The third-order valence-corrected chi connectivity index (χ3v) is 3.04. The highest BCUT2D eigenvalue weighted by Crippen LogP contribution is 2.20. The van der Waals surface area contributed by atoms with Gasteiger partial charge in [0.1, 0.15) is 0 Å². The quantitative estimate of drug-likeness (QED) is 0.857. The predicted molar refractivity (Wildman–Crippen MR) is 61.6 cm³/mol. The van der Waals surface area contributed by atoms with Crippen LogP contribution in [-0.2, 0) is 4.79 Å². The van der Waals surface area contributed by atoms with Gasteiger partial charge < -0.3 is 10.6 Å². The minimum atomic E-state index is -0.0509. The van der Waals surface area contributed by atoms with Crippen molar-refractivity contribution in [1.29, 1.82) is 0 Å². The lowest BCUT2D eigenvalue weighted by atomic mass is 10.2. The van der Waals surface area contributed by atoms with Crippen molar-refractivity contribution in [3.8, 4) is 0 Å². The molecule has 0 spiro atoms. The monoisotopic (exact) mass is 269 g/mol. The first-order valence-electron chi connectivity index (χ1n) is 4.91. The van der Waals surface area contributed by atoms with E-state index < -0.39 is 0 Å². The SMILES string of the molecule is O=C(Nc1ccncc1Br)[C@H]1CCCN1. The average molecular weight is 270 g/mol. The number of carbonyl (C=O) groups is 1. The molecule has 1 aromatic rings. The molecule has 2 heterocycles. The fraction of sp³-hybridized carbons (Fsp3) is 0.400. The molecule has 2 N–H and O–H groups in total. The van der Waals surface area contributed by atoms with Crippen LogP contribution >= 0.6 is 15.9 Å². The summed E-state index contributed by atoms with van der Waals surface area (Å²) in [5, 5.41) is 6.02. The Bertz CT molecular complexity index is 363. The first-order chi connectivity index (χ1) is 7.27. The molecule has 1 aliphatic heterocycles. The van der Waals surface area contributed by atoms with Crippen LogP contribution in [0, 0.1) is 0 Å². The summed E-state index contributed by atoms with van der Waals surface area (Å²) in [6.07, 6.45) is 5.30. The van der Waals surface area contributed by atoms with Crippen molar-refractivity contribution in [2.75, 3.05) is 11.9 Å². The molecular formula is C10H12BrN3O. The first kappa shape index (κ1) is 10.6. The number of halogens is 1. The van der Waals surface area contributed by atoms with E-state index in [4.69, 9.17) is 0 Å². The van der Waals surface area contributed by atoms with Crippen LogP contribution in [0.25, 0.3) is 0 Å². The largest absolute Gasteiger partial charge is 0.324 e. The van der Waals surface area contributed by atoms with E-state index in [0.717, 1.165) is 29.5 Å². The predicted octanol–water partition coefficient (Wildman–Crippen LogP) is 1.53. The van der Waals surface area contributed by atoms with Gasteiger partial charge in [0.15, 0.2) is 0 Å². The van der Waals surface area contributed by atoms with Gasteiger partial charge in [-0.25, -0.2) is 0 Å². The van der Waals surface area contributed by atoms with Gasteiger partial charge in [-0.15, -0.1) is 0 Å². The fourth-order valence-electron chi connectivity index (χ4n) is 1.60. The molecule has 0 bridgehead atoms. The summed E-state index contributed by atoms with van der Waals surface area (Å²) >= 11 is 3.34. The molecule has 0 saturated carbocycles. The van der Waals surface area contributed by atoms with Crippen LogP contribution in [0.15, 0.2) is 22.9 Å². The molecular weight excluding hydrogens is 258 g/mol. The Hall–Kier alpha value is -0.940. The zero-order chi connectivity index (χ0) is 10.7. The highest BCUT2D eigenvalue weighted by Gasteiger charge is 2.22. The Kier molecular flexibility index (Phi) is 3.33. The van der Waals surface area contributed by atoms with Crippen molar-refractivity contribution < 1.29 is 4.79 Å². The summed E-state index contributed by atoms with van der Waals surface area (Å²) in [6.45, 7) is 0.926. The summed E-state index contributed by atoms with van der Waals surface area (Å²) in [5.41, 5.74) is 0.767.